The highest BCUT2D eigenvalue weighted by molar-refractivity contribution is 6.51. The van der Waals surface area contributed by atoms with Crippen molar-refractivity contribution in [3.05, 3.63) is 89.5 Å². The fourth-order valence-electron chi connectivity index (χ4n) is 4.02. The van der Waals surface area contributed by atoms with Gasteiger partial charge in [-0.05, 0) is 67.9 Å². The molecule has 0 aliphatic carbocycles. The SMILES string of the molecule is CC(C)Oc1cccc(/C(O)=C2/C(=O)C(=O)N(c3ccc(OC(F)(F)F)cc3)C2c2ccc(O)cc2)c1. The zero-order chi connectivity index (χ0) is 26.9. The lowest BCUT2D eigenvalue weighted by Gasteiger charge is -2.25. The number of hydrogen-bond donors (Lipinski definition) is 2. The van der Waals surface area contributed by atoms with Crippen LogP contribution >= 0.6 is 0 Å². The number of Topliss-reactive ketones (excluding diaryl/α,β-unsaturated/α-hetero) is 1. The Balaban J connectivity index is 1.84. The summed E-state index contributed by atoms with van der Waals surface area (Å²) in [5, 5.41) is 21.0. The average Bonchev–Trinajstić information content (AvgIpc) is 3.09. The Kier molecular flexibility index (Phi) is 6.84. The van der Waals surface area contributed by atoms with E-state index in [1.54, 1.807) is 18.2 Å². The van der Waals surface area contributed by atoms with Crippen molar-refractivity contribution in [1.82, 2.24) is 0 Å². The number of amides is 1. The lowest BCUT2D eigenvalue weighted by atomic mass is 9.95. The second-order valence-corrected chi connectivity index (χ2v) is 8.50. The van der Waals surface area contributed by atoms with Crippen molar-refractivity contribution < 1.29 is 42.4 Å². The number of nitrogens with zero attached hydrogens (tertiary/aromatic N) is 1. The first-order valence-corrected chi connectivity index (χ1v) is 11.2. The second-order valence-electron chi connectivity index (χ2n) is 8.50. The first-order chi connectivity index (χ1) is 17.4. The molecule has 1 unspecified atom stereocenters. The van der Waals surface area contributed by atoms with Gasteiger partial charge in [0.05, 0.1) is 17.7 Å². The normalized spacial score (nSPS) is 17.4. The number of ether oxygens (including phenoxy) is 2. The summed E-state index contributed by atoms with van der Waals surface area (Å²) < 4.78 is 47.3. The Morgan fingerprint density at radius 3 is 2.19 bits per heavy atom. The predicted octanol–water partition coefficient (Wildman–Crippen LogP) is 5.70. The van der Waals surface area contributed by atoms with Gasteiger partial charge >= 0.3 is 6.36 Å². The minimum absolute atomic E-state index is 0.0621. The number of anilines is 1. The molecular formula is C27H22F3NO6. The van der Waals surface area contributed by atoms with Crippen LogP contribution in [-0.2, 0) is 9.59 Å². The molecule has 3 aromatic carbocycles. The number of ketones is 1. The summed E-state index contributed by atoms with van der Waals surface area (Å²) in [4.78, 5) is 27.5. The minimum atomic E-state index is -4.90. The summed E-state index contributed by atoms with van der Waals surface area (Å²) in [7, 11) is 0. The van der Waals surface area contributed by atoms with E-state index in [1.165, 1.54) is 42.5 Å². The highest BCUT2D eigenvalue weighted by Gasteiger charge is 2.47. The quantitative estimate of drug-likeness (QED) is 0.249. The summed E-state index contributed by atoms with van der Waals surface area (Å²) in [5.74, 6) is -2.55. The van der Waals surface area contributed by atoms with Crippen molar-refractivity contribution in [2.24, 2.45) is 0 Å². The standard InChI is InChI=1S/C27H22F3NO6/c1-15(2)36-21-5-3-4-17(14-21)24(33)22-23(16-6-10-19(32)11-7-16)31(26(35)25(22)34)18-8-12-20(13-9-18)37-27(28,29)30/h3-15,23,32-33H,1-2H3/b24-22-. The molecule has 1 aliphatic rings. The van der Waals surface area contributed by atoms with Gasteiger partial charge in [0.2, 0.25) is 0 Å². The number of halogens is 3. The summed E-state index contributed by atoms with van der Waals surface area (Å²) in [5.41, 5.74) is 0.483. The maximum atomic E-state index is 13.2. The first-order valence-electron chi connectivity index (χ1n) is 11.2. The van der Waals surface area contributed by atoms with Gasteiger partial charge in [-0.25, -0.2) is 0 Å². The number of hydrogen-bond acceptors (Lipinski definition) is 6. The van der Waals surface area contributed by atoms with E-state index < -0.39 is 35.6 Å². The lowest BCUT2D eigenvalue weighted by molar-refractivity contribution is -0.274. The number of carbonyl (C=O) groups is 2. The van der Waals surface area contributed by atoms with Crippen LogP contribution in [0.15, 0.2) is 78.4 Å². The molecule has 7 nitrogen and oxygen atoms in total. The highest BCUT2D eigenvalue weighted by atomic mass is 19.4. The van der Waals surface area contributed by atoms with Gasteiger partial charge in [0.25, 0.3) is 11.7 Å². The second kappa shape index (κ2) is 9.88. The number of rotatable bonds is 6. The van der Waals surface area contributed by atoms with E-state index in [0.29, 0.717) is 11.3 Å². The van der Waals surface area contributed by atoms with Gasteiger partial charge in [-0.15, -0.1) is 13.2 Å². The molecule has 0 bridgehead atoms. The highest BCUT2D eigenvalue weighted by Crippen LogP contribution is 2.43. The number of phenolic OH excluding ortho intramolecular Hbond substituents is 1. The van der Waals surface area contributed by atoms with Crippen LogP contribution in [0.25, 0.3) is 5.76 Å². The molecule has 0 saturated carbocycles. The summed E-state index contributed by atoms with van der Waals surface area (Å²) >= 11 is 0. The summed E-state index contributed by atoms with van der Waals surface area (Å²) in [6.45, 7) is 3.65. The molecule has 37 heavy (non-hydrogen) atoms. The van der Waals surface area contributed by atoms with Crippen molar-refractivity contribution in [2.45, 2.75) is 32.4 Å². The van der Waals surface area contributed by atoms with Crippen molar-refractivity contribution >= 4 is 23.1 Å². The molecule has 1 aliphatic heterocycles. The van der Waals surface area contributed by atoms with E-state index in [-0.39, 0.29) is 28.7 Å². The monoisotopic (exact) mass is 513 g/mol. The number of carbonyl (C=O) groups excluding carboxylic acids is 2. The van der Waals surface area contributed by atoms with Crippen LogP contribution in [0, 0.1) is 0 Å². The zero-order valence-electron chi connectivity index (χ0n) is 19.7. The molecule has 0 spiro atoms. The third-order valence-corrected chi connectivity index (χ3v) is 5.48. The molecule has 2 N–H and O–H groups in total. The van der Waals surface area contributed by atoms with Crippen molar-refractivity contribution in [3.8, 4) is 17.2 Å². The molecule has 3 aromatic rings. The van der Waals surface area contributed by atoms with Crippen LogP contribution in [0.4, 0.5) is 18.9 Å². The molecule has 0 aromatic heterocycles. The Bertz CT molecular complexity index is 1350. The first kappa shape index (κ1) is 25.6. The van der Waals surface area contributed by atoms with E-state index in [0.717, 1.165) is 17.0 Å². The topological polar surface area (TPSA) is 96.3 Å². The molecule has 192 valence electrons. The molecule has 0 radical (unpaired) electrons. The van der Waals surface area contributed by atoms with E-state index in [2.05, 4.69) is 4.74 Å². The smallest absolute Gasteiger partial charge is 0.508 e. The van der Waals surface area contributed by atoms with E-state index >= 15 is 0 Å². The number of phenols is 1. The van der Waals surface area contributed by atoms with Gasteiger partial charge in [-0.2, -0.15) is 0 Å². The summed E-state index contributed by atoms with van der Waals surface area (Å²) in [6, 6.07) is 15.3. The maximum absolute atomic E-state index is 13.2. The zero-order valence-corrected chi connectivity index (χ0v) is 19.7. The molecule has 1 atom stereocenters. The Hall–Kier alpha value is -4.47. The number of benzene rings is 3. The van der Waals surface area contributed by atoms with Crippen LogP contribution in [0.2, 0.25) is 0 Å². The maximum Gasteiger partial charge on any atom is 0.573 e. The van der Waals surface area contributed by atoms with Gasteiger partial charge in [0.15, 0.2) is 0 Å². The van der Waals surface area contributed by atoms with E-state index in [4.69, 9.17) is 4.74 Å². The van der Waals surface area contributed by atoms with Gasteiger partial charge in [-0.3, -0.25) is 14.5 Å². The third kappa shape index (κ3) is 5.53. The lowest BCUT2D eigenvalue weighted by Crippen LogP contribution is -2.29. The van der Waals surface area contributed by atoms with Crippen LogP contribution in [-0.4, -0.2) is 34.4 Å². The van der Waals surface area contributed by atoms with Crippen LogP contribution in [0.5, 0.6) is 17.2 Å². The Labute approximate surface area is 210 Å². The number of aliphatic hydroxyl groups is 1. The molecular weight excluding hydrogens is 491 g/mol. The number of alkyl halides is 3. The fourth-order valence-corrected chi connectivity index (χ4v) is 4.02. The van der Waals surface area contributed by atoms with Crippen molar-refractivity contribution in [2.75, 3.05) is 4.90 Å². The Morgan fingerprint density at radius 2 is 1.59 bits per heavy atom. The molecule has 4 rings (SSSR count). The molecule has 1 saturated heterocycles. The molecule has 10 heteroatoms. The van der Waals surface area contributed by atoms with Gasteiger partial charge < -0.3 is 19.7 Å². The van der Waals surface area contributed by atoms with Crippen LogP contribution in [0.1, 0.15) is 31.0 Å². The van der Waals surface area contributed by atoms with E-state index in [1.807, 2.05) is 13.8 Å². The Morgan fingerprint density at radius 1 is 0.946 bits per heavy atom. The van der Waals surface area contributed by atoms with E-state index in [9.17, 15) is 33.0 Å². The van der Waals surface area contributed by atoms with Gasteiger partial charge in [0, 0.05) is 11.3 Å². The number of aliphatic hydroxyl groups excluding tert-OH is 1. The van der Waals surface area contributed by atoms with Crippen molar-refractivity contribution in [3.63, 3.8) is 0 Å². The van der Waals surface area contributed by atoms with Crippen LogP contribution in [0.3, 0.4) is 0 Å². The number of aromatic hydroxyl groups is 1. The largest absolute Gasteiger partial charge is 0.573 e. The summed E-state index contributed by atoms with van der Waals surface area (Å²) in [6.07, 6.45) is -5.05. The predicted molar refractivity (Wildman–Crippen MR) is 128 cm³/mol. The minimum Gasteiger partial charge on any atom is -0.508 e. The van der Waals surface area contributed by atoms with Crippen molar-refractivity contribution in [1.29, 1.82) is 0 Å². The molecule has 1 amide bonds. The molecule has 1 heterocycles. The fraction of sp³-hybridized carbons (Fsp3) is 0.185. The molecule has 1 fully saturated rings. The average molecular weight is 513 g/mol. The third-order valence-electron chi connectivity index (χ3n) is 5.48. The van der Waals surface area contributed by atoms with Crippen LogP contribution < -0.4 is 14.4 Å². The van der Waals surface area contributed by atoms with Gasteiger partial charge in [-0.1, -0.05) is 24.3 Å². The van der Waals surface area contributed by atoms with Gasteiger partial charge in [0.1, 0.15) is 23.0 Å².